The van der Waals surface area contributed by atoms with Crippen LogP contribution in [0.1, 0.15) is 36.4 Å². The van der Waals surface area contributed by atoms with Gasteiger partial charge in [0.2, 0.25) is 0 Å². The molecule has 37 heavy (non-hydrogen) atoms. The summed E-state index contributed by atoms with van der Waals surface area (Å²) in [6, 6.07) is 17.6. The van der Waals surface area contributed by atoms with Crippen molar-refractivity contribution < 1.29 is 9.13 Å². The number of hydrogen-bond donors (Lipinski definition) is 2. The Bertz CT molecular complexity index is 1200. The molecule has 0 bridgehead atoms. The van der Waals surface area contributed by atoms with Gasteiger partial charge in [-0.15, -0.1) is 0 Å². The van der Waals surface area contributed by atoms with Gasteiger partial charge in [0.25, 0.3) is 0 Å². The molecule has 3 atom stereocenters. The number of hydrazine groups is 1. The van der Waals surface area contributed by atoms with Crippen molar-refractivity contribution in [1.82, 2.24) is 25.2 Å². The van der Waals surface area contributed by atoms with E-state index in [1.807, 2.05) is 66.7 Å². The molecule has 2 fully saturated rings. The summed E-state index contributed by atoms with van der Waals surface area (Å²) in [5.41, 5.74) is 8.26. The van der Waals surface area contributed by atoms with Crippen LogP contribution in [0.4, 0.5) is 16.0 Å². The van der Waals surface area contributed by atoms with E-state index in [0.29, 0.717) is 24.2 Å². The minimum atomic E-state index is -0.990. The van der Waals surface area contributed by atoms with Gasteiger partial charge in [-0.05, 0) is 62.2 Å². The number of halogens is 1. The predicted octanol–water partition coefficient (Wildman–Crippen LogP) is 3.77. The molecule has 2 saturated heterocycles. The number of para-hydroxylation sites is 1. The topological polar surface area (TPSA) is 82.8 Å². The van der Waals surface area contributed by atoms with Gasteiger partial charge in [-0.3, -0.25) is 9.91 Å². The highest BCUT2D eigenvalue weighted by Crippen LogP contribution is 2.46. The highest BCUT2D eigenvalue weighted by Gasteiger charge is 2.46. The number of nitrogen functional groups attached to an aromatic ring is 1. The first-order valence-corrected chi connectivity index (χ1v) is 13.1. The van der Waals surface area contributed by atoms with Crippen LogP contribution in [-0.2, 0) is 0 Å². The van der Waals surface area contributed by atoms with Crippen LogP contribution in [0.15, 0.2) is 60.9 Å². The minimum absolute atomic E-state index is 0.211. The SMILES string of the molecule is CN1C(c2ccc(Oc3ccccc3)cc2)c2c(N)ncnc2N1[C@@H]1CCN(C2CCNCC2)C[C@@H]1F. The molecular formula is C28H34FN7O. The summed E-state index contributed by atoms with van der Waals surface area (Å²) in [5, 5.41) is 7.52. The molecule has 0 saturated carbocycles. The summed E-state index contributed by atoms with van der Waals surface area (Å²) in [4.78, 5) is 11.2. The Kier molecular flexibility index (Phi) is 6.67. The van der Waals surface area contributed by atoms with Crippen molar-refractivity contribution in [3.63, 3.8) is 0 Å². The number of nitrogens with zero attached hydrogens (tertiary/aromatic N) is 5. The number of anilines is 2. The van der Waals surface area contributed by atoms with Crippen LogP contribution in [-0.4, -0.2) is 71.4 Å². The lowest BCUT2D eigenvalue weighted by Crippen LogP contribution is -2.58. The molecule has 6 rings (SSSR count). The standard InChI is InChI=1S/C28H34FN7O/c1-34-26(19-7-9-22(10-8-19)37-21-5-3-2-4-6-21)25-27(30)32-18-33-28(25)36(34)24-13-16-35(17-23(24)29)20-11-14-31-15-12-20/h2-10,18,20,23-24,26,31H,11-17H2,1H3,(H2,30,32,33)/t23-,24+,26?/m0/s1. The minimum Gasteiger partial charge on any atom is -0.457 e. The van der Waals surface area contributed by atoms with E-state index in [-0.39, 0.29) is 12.1 Å². The van der Waals surface area contributed by atoms with E-state index in [2.05, 4.69) is 25.2 Å². The Morgan fingerprint density at radius 2 is 1.70 bits per heavy atom. The number of aromatic nitrogens is 2. The average Bonchev–Trinajstić information content (AvgIpc) is 3.23. The zero-order valence-electron chi connectivity index (χ0n) is 21.1. The maximum atomic E-state index is 15.8. The maximum absolute atomic E-state index is 15.8. The number of hydrogen-bond acceptors (Lipinski definition) is 8. The lowest BCUT2D eigenvalue weighted by Gasteiger charge is -2.45. The molecule has 9 heteroatoms. The highest BCUT2D eigenvalue weighted by molar-refractivity contribution is 5.64. The largest absolute Gasteiger partial charge is 0.457 e. The first-order chi connectivity index (χ1) is 18.1. The fourth-order valence-corrected chi connectivity index (χ4v) is 6.12. The molecule has 2 aromatic carbocycles. The molecule has 0 spiro atoms. The van der Waals surface area contributed by atoms with Crippen LogP contribution in [0.25, 0.3) is 0 Å². The first-order valence-electron chi connectivity index (χ1n) is 13.1. The normalized spacial score (nSPS) is 25.2. The van der Waals surface area contributed by atoms with Crippen molar-refractivity contribution in [2.45, 2.75) is 43.6 Å². The Balaban J connectivity index is 1.24. The van der Waals surface area contributed by atoms with E-state index in [4.69, 9.17) is 10.5 Å². The van der Waals surface area contributed by atoms with Crippen LogP contribution in [0.5, 0.6) is 11.5 Å². The summed E-state index contributed by atoms with van der Waals surface area (Å²) >= 11 is 0. The zero-order chi connectivity index (χ0) is 25.4. The van der Waals surface area contributed by atoms with Gasteiger partial charge >= 0.3 is 0 Å². The molecule has 4 heterocycles. The lowest BCUT2D eigenvalue weighted by molar-refractivity contribution is 0.0525. The maximum Gasteiger partial charge on any atom is 0.154 e. The number of likely N-dealkylation sites (tertiary alicyclic amines) is 1. The van der Waals surface area contributed by atoms with E-state index < -0.39 is 6.17 Å². The van der Waals surface area contributed by atoms with Gasteiger partial charge in [-0.25, -0.2) is 19.4 Å². The fourth-order valence-electron chi connectivity index (χ4n) is 6.12. The van der Waals surface area contributed by atoms with Crippen molar-refractivity contribution >= 4 is 11.6 Å². The molecule has 0 aliphatic carbocycles. The van der Waals surface area contributed by atoms with Gasteiger partial charge in [-0.2, -0.15) is 0 Å². The second-order valence-corrected chi connectivity index (χ2v) is 10.1. The summed E-state index contributed by atoms with van der Waals surface area (Å²) in [5.74, 6) is 2.66. The number of piperidine rings is 2. The molecule has 1 unspecified atom stereocenters. The van der Waals surface area contributed by atoms with Crippen molar-refractivity contribution in [3.05, 3.63) is 72.1 Å². The summed E-state index contributed by atoms with van der Waals surface area (Å²) < 4.78 is 21.8. The lowest BCUT2D eigenvalue weighted by atomic mass is 9.97. The number of rotatable bonds is 5. The molecule has 3 aliphatic rings. The summed E-state index contributed by atoms with van der Waals surface area (Å²) in [7, 11) is 1.99. The third-order valence-corrected chi connectivity index (χ3v) is 7.95. The van der Waals surface area contributed by atoms with E-state index in [9.17, 15) is 0 Å². The van der Waals surface area contributed by atoms with Crippen LogP contribution in [0.3, 0.4) is 0 Å². The van der Waals surface area contributed by atoms with Gasteiger partial charge < -0.3 is 15.8 Å². The predicted molar refractivity (Wildman–Crippen MR) is 142 cm³/mol. The number of nitrogens with one attached hydrogen (secondary N) is 1. The third kappa shape index (κ3) is 4.63. The summed E-state index contributed by atoms with van der Waals surface area (Å²) in [6.45, 7) is 3.35. The fraction of sp³-hybridized carbons (Fsp3) is 0.429. The molecule has 3 N–H and O–H groups in total. The van der Waals surface area contributed by atoms with E-state index in [0.717, 1.165) is 61.5 Å². The van der Waals surface area contributed by atoms with Crippen LogP contribution >= 0.6 is 0 Å². The number of benzene rings is 2. The molecule has 0 amide bonds. The third-order valence-electron chi connectivity index (χ3n) is 7.95. The quantitative estimate of drug-likeness (QED) is 0.545. The molecule has 194 valence electrons. The van der Waals surface area contributed by atoms with Crippen molar-refractivity contribution in [1.29, 1.82) is 0 Å². The second kappa shape index (κ2) is 10.2. The molecule has 3 aromatic rings. The molecule has 1 aromatic heterocycles. The molecule has 0 radical (unpaired) electrons. The zero-order valence-corrected chi connectivity index (χ0v) is 21.1. The Morgan fingerprint density at radius 1 is 0.973 bits per heavy atom. The van der Waals surface area contributed by atoms with E-state index in [1.54, 1.807) is 0 Å². The Hall–Kier alpha value is -3.27. The van der Waals surface area contributed by atoms with Gasteiger partial charge in [0.05, 0.1) is 17.6 Å². The highest BCUT2D eigenvalue weighted by atomic mass is 19.1. The van der Waals surface area contributed by atoms with Crippen LogP contribution in [0, 0.1) is 0 Å². The van der Waals surface area contributed by atoms with Gasteiger partial charge in [-0.1, -0.05) is 30.3 Å². The van der Waals surface area contributed by atoms with Crippen LogP contribution < -0.4 is 20.8 Å². The summed E-state index contributed by atoms with van der Waals surface area (Å²) in [6.07, 6.45) is 3.38. The smallest absolute Gasteiger partial charge is 0.154 e. The number of fused-ring (bicyclic) bond motifs is 1. The van der Waals surface area contributed by atoms with Crippen LogP contribution in [0.2, 0.25) is 0 Å². The van der Waals surface area contributed by atoms with Gasteiger partial charge in [0, 0.05) is 26.2 Å². The van der Waals surface area contributed by atoms with Gasteiger partial charge in [0.1, 0.15) is 29.8 Å². The second-order valence-electron chi connectivity index (χ2n) is 10.1. The number of alkyl halides is 1. The number of nitrogens with two attached hydrogens (primary N) is 1. The molecule has 3 aliphatic heterocycles. The number of ether oxygens (including phenoxy) is 1. The van der Waals surface area contributed by atoms with Crippen molar-refractivity contribution in [2.24, 2.45) is 0 Å². The molecular weight excluding hydrogens is 469 g/mol. The van der Waals surface area contributed by atoms with E-state index >= 15 is 4.39 Å². The van der Waals surface area contributed by atoms with E-state index in [1.165, 1.54) is 6.33 Å². The Labute approximate surface area is 217 Å². The molecule has 8 nitrogen and oxygen atoms in total. The average molecular weight is 504 g/mol. The Morgan fingerprint density at radius 3 is 2.43 bits per heavy atom. The van der Waals surface area contributed by atoms with Crippen molar-refractivity contribution in [2.75, 3.05) is 44.0 Å². The van der Waals surface area contributed by atoms with Gasteiger partial charge in [0.15, 0.2) is 5.82 Å². The monoisotopic (exact) mass is 503 g/mol. The first kappa shape index (κ1) is 24.1. The van der Waals surface area contributed by atoms with Crippen molar-refractivity contribution in [3.8, 4) is 11.5 Å².